The van der Waals surface area contributed by atoms with Gasteiger partial charge in [0, 0.05) is 42.1 Å². The minimum absolute atomic E-state index is 0.00844. The van der Waals surface area contributed by atoms with E-state index in [9.17, 15) is 9.59 Å². The van der Waals surface area contributed by atoms with Crippen LogP contribution in [-0.4, -0.2) is 23.7 Å². The van der Waals surface area contributed by atoms with Gasteiger partial charge in [-0.1, -0.05) is 35.3 Å². The predicted molar refractivity (Wildman–Crippen MR) is 114 cm³/mol. The van der Waals surface area contributed by atoms with Crippen molar-refractivity contribution >= 4 is 34.4 Å². The summed E-state index contributed by atoms with van der Waals surface area (Å²) < 4.78 is 9.73. The Labute approximate surface area is 180 Å². The molecule has 0 bridgehead atoms. The highest BCUT2D eigenvalue weighted by Crippen LogP contribution is 2.22. The van der Waals surface area contributed by atoms with Crippen LogP contribution in [0.2, 0.25) is 10.0 Å². The second kappa shape index (κ2) is 7.97. The molecule has 30 heavy (non-hydrogen) atoms. The molecule has 3 heterocycles. The number of aryl methyl sites for hydroxylation is 2. The molecule has 0 aliphatic rings. The van der Waals surface area contributed by atoms with Gasteiger partial charge in [-0.2, -0.15) is 4.98 Å². The van der Waals surface area contributed by atoms with Gasteiger partial charge in [0.05, 0.1) is 6.54 Å². The fraction of sp³-hybridized carbons (Fsp3) is 0.200. The van der Waals surface area contributed by atoms with Crippen LogP contribution < -0.4 is 16.0 Å². The number of rotatable bonds is 5. The molecule has 0 radical (unpaired) electrons. The lowest BCUT2D eigenvalue weighted by molar-refractivity contribution is 0.272. The number of fused-ring (bicyclic) bond motifs is 1. The van der Waals surface area contributed by atoms with Crippen LogP contribution in [0.25, 0.3) is 11.2 Å². The quantitative estimate of drug-likeness (QED) is 0.471. The first kappa shape index (κ1) is 20.2. The lowest BCUT2D eigenvalue weighted by Crippen LogP contribution is -2.39. The fourth-order valence-electron chi connectivity index (χ4n) is 3.14. The Kier molecular flexibility index (Phi) is 5.36. The monoisotopic (exact) mass is 445 g/mol. The molecular formula is C20H17Cl2N5O3. The molecule has 0 saturated heterocycles. The molecular weight excluding hydrogens is 429 g/mol. The summed E-state index contributed by atoms with van der Waals surface area (Å²) in [5.74, 6) is 0. The highest BCUT2D eigenvalue weighted by Gasteiger charge is 2.20. The number of pyridine rings is 1. The summed E-state index contributed by atoms with van der Waals surface area (Å²) in [5.41, 5.74) is 0.972. The third-order valence-electron chi connectivity index (χ3n) is 4.75. The van der Waals surface area contributed by atoms with Gasteiger partial charge < -0.3 is 4.74 Å². The number of aromatic nitrogens is 5. The van der Waals surface area contributed by atoms with E-state index in [-0.39, 0.29) is 30.3 Å². The van der Waals surface area contributed by atoms with Crippen molar-refractivity contribution < 1.29 is 4.74 Å². The maximum Gasteiger partial charge on any atom is 0.332 e. The Morgan fingerprint density at radius 1 is 1.10 bits per heavy atom. The average molecular weight is 446 g/mol. The molecule has 0 N–H and O–H groups in total. The van der Waals surface area contributed by atoms with Crippen LogP contribution in [0.4, 0.5) is 0 Å². The van der Waals surface area contributed by atoms with Crippen LogP contribution in [0.15, 0.2) is 52.3 Å². The maximum atomic E-state index is 13.1. The van der Waals surface area contributed by atoms with Gasteiger partial charge >= 0.3 is 5.69 Å². The molecule has 0 atom stereocenters. The topological polar surface area (TPSA) is 83.9 Å². The molecule has 10 heteroatoms. The van der Waals surface area contributed by atoms with Crippen LogP contribution in [0, 0.1) is 0 Å². The molecule has 0 spiro atoms. The highest BCUT2D eigenvalue weighted by molar-refractivity contribution is 6.35. The standard InChI is InChI=1S/C20H17Cl2N5O3/c1-25-16-17(24-19(25)30-11-12-4-3-7-23-9-12)26(2)20(29)27(18(16)28)10-13-5-6-14(21)8-15(13)22/h3-9H,10-11H2,1-2H3. The van der Waals surface area contributed by atoms with Crippen LogP contribution in [0.1, 0.15) is 11.1 Å². The molecule has 3 aromatic heterocycles. The minimum atomic E-state index is -0.504. The molecule has 0 aliphatic heterocycles. The number of imidazole rings is 1. The van der Waals surface area contributed by atoms with Gasteiger partial charge in [0.15, 0.2) is 11.2 Å². The molecule has 154 valence electrons. The van der Waals surface area contributed by atoms with Gasteiger partial charge in [0.25, 0.3) is 11.6 Å². The molecule has 4 rings (SSSR count). The summed E-state index contributed by atoms with van der Waals surface area (Å²) in [7, 11) is 3.22. The summed E-state index contributed by atoms with van der Waals surface area (Å²) in [4.78, 5) is 34.4. The Morgan fingerprint density at radius 2 is 1.90 bits per heavy atom. The van der Waals surface area contributed by atoms with Gasteiger partial charge in [-0.3, -0.25) is 23.5 Å². The third-order valence-corrected chi connectivity index (χ3v) is 5.34. The molecule has 0 amide bonds. The number of benzene rings is 1. The molecule has 0 aliphatic carbocycles. The van der Waals surface area contributed by atoms with Gasteiger partial charge in [-0.15, -0.1) is 0 Å². The normalized spacial score (nSPS) is 11.2. The minimum Gasteiger partial charge on any atom is -0.460 e. The van der Waals surface area contributed by atoms with E-state index in [0.717, 1.165) is 10.1 Å². The Morgan fingerprint density at radius 3 is 2.60 bits per heavy atom. The van der Waals surface area contributed by atoms with Gasteiger partial charge in [0.1, 0.15) is 6.61 Å². The fourth-order valence-corrected chi connectivity index (χ4v) is 3.61. The van der Waals surface area contributed by atoms with Crippen molar-refractivity contribution in [2.45, 2.75) is 13.2 Å². The molecule has 1 aromatic carbocycles. The molecule has 0 unspecified atom stereocenters. The molecule has 0 fully saturated rings. The van der Waals surface area contributed by atoms with E-state index in [1.807, 2.05) is 6.07 Å². The number of halogens is 2. The van der Waals surface area contributed by atoms with Crippen LogP contribution in [0.3, 0.4) is 0 Å². The number of ether oxygens (including phenoxy) is 1. The first-order valence-corrected chi connectivity index (χ1v) is 9.74. The largest absolute Gasteiger partial charge is 0.460 e. The van der Waals surface area contributed by atoms with Gasteiger partial charge in [0.2, 0.25) is 0 Å². The van der Waals surface area contributed by atoms with Crippen molar-refractivity contribution in [3.8, 4) is 6.01 Å². The number of hydrogen-bond donors (Lipinski definition) is 0. The van der Waals surface area contributed by atoms with Crippen molar-refractivity contribution in [2.75, 3.05) is 0 Å². The van der Waals surface area contributed by atoms with E-state index in [4.69, 9.17) is 27.9 Å². The highest BCUT2D eigenvalue weighted by atomic mass is 35.5. The van der Waals surface area contributed by atoms with E-state index >= 15 is 0 Å². The van der Waals surface area contributed by atoms with E-state index in [2.05, 4.69) is 9.97 Å². The summed E-state index contributed by atoms with van der Waals surface area (Å²) in [5, 5.41) is 0.851. The van der Waals surface area contributed by atoms with Crippen molar-refractivity contribution in [3.05, 3.63) is 84.7 Å². The van der Waals surface area contributed by atoms with Crippen molar-refractivity contribution in [3.63, 3.8) is 0 Å². The lowest BCUT2D eigenvalue weighted by Gasteiger charge is -2.10. The Balaban J connectivity index is 1.77. The molecule has 8 nitrogen and oxygen atoms in total. The van der Waals surface area contributed by atoms with E-state index in [1.54, 1.807) is 50.8 Å². The van der Waals surface area contributed by atoms with Gasteiger partial charge in [-0.05, 0) is 23.8 Å². The number of hydrogen-bond acceptors (Lipinski definition) is 5. The van der Waals surface area contributed by atoms with Crippen LogP contribution >= 0.6 is 23.2 Å². The van der Waals surface area contributed by atoms with Crippen LogP contribution in [-0.2, 0) is 27.2 Å². The Hall–Kier alpha value is -3.10. The predicted octanol–water partition coefficient (Wildman–Crippen LogP) is 2.76. The Bertz CT molecular complexity index is 1360. The first-order chi connectivity index (χ1) is 14.4. The van der Waals surface area contributed by atoms with E-state index in [0.29, 0.717) is 15.6 Å². The molecule has 4 aromatic rings. The summed E-state index contributed by atoms with van der Waals surface area (Å²) in [6, 6.07) is 8.81. The third kappa shape index (κ3) is 3.59. The second-order valence-corrected chi connectivity index (χ2v) is 7.59. The SMILES string of the molecule is Cn1c(OCc2cccnc2)nc2c1c(=O)n(Cc1ccc(Cl)cc1Cl)c(=O)n2C. The van der Waals surface area contributed by atoms with Crippen LogP contribution in [0.5, 0.6) is 6.01 Å². The second-order valence-electron chi connectivity index (χ2n) is 6.74. The maximum absolute atomic E-state index is 13.1. The van der Waals surface area contributed by atoms with Gasteiger partial charge in [-0.25, -0.2) is 4.79 Å². The van der Waals surface area contributed by atoms with E-state index < -0.39 is 11.2 Å². The summed E-state index contributed by atoms with van der Waals surface area (Å²) in [6.07, 6.45) is 3.35. The van der Waals surface area contributed by atoms with Crippen molar-refractivity contribution in [1.82, 2.24) is 23.7 Å². The van der Waals surface area contributed by atoms with Crippen molar-refractivity contribution in [1.29, 1.82) is 0 Å². The summed E-state index contributed by atoms with van der Waals surface area (Å²) in [6.45, 7) is 0.238. The van der Waals surface area contributed by atoms with E-state index in [1.165, 1.54) is 9.13 Å². The lowest BCUT2D eigenvalue weighted by atomic mass is 10.2. The zero-order valence-electron chi connectivity index (χ0n) is 16.2. The average Bonchev–Trinajstić information content (AvgIpc) is 3.07. The molecule has 0 saturated carbocycles. The zero-order valence-corrected chi connectivity index (χ0v) is 17.7. The summed E-state index contributed by atoms with van der Waals surface area (Å²) >= 11 is 12.2. The van der Waals surface area contributed by atoms with Crippen molar-refractivity contribution in [2.24, 2.45) is 14.1 Å². The first-order valence-electron chi connectivity index (χ1n) is 8.98. The zero-order chi connectivity index (χ0) is 21.4. The smallest absolute Gasteiger partial charge is 0.332 e. The number of nitrogens with zero attached hydrogens (tertiary/aromatic N) is 5.